The standard InChI is InChI=1S/C25H30N4O7S/c1-2-36-24(31)16-23-28(17-22(30)27-10-12-35-13-11-27)25(32)21(37-23)15-18-6-7-19(20(14-18)29(33)34)26-8-4-3-5-9-26/h6-7,14-16H,2-5,8-13,17H2,1H3. The maximum Gasteiger partial charge on any atom is 0.333 e. The maximum atomic E-state index is 13.3. The second-order valence-corrected chi connectivity index (χ2v) is 9.84. The predicted octanol–water partition coefficient (Wildman–Crippen LogP) is 0.840. The monoisotopic (exact) mass is 530 g/mol. The molecule has 0 bridgehead atoms. The minimum Gasteiger partial charge on any atom is -0.463 e. The molecular weight excluding hydrogens is 500 g/mol. The third-order valence-electron chi connectivity index (χ3n) is 6.31. The van der Waals surface area contributed by atoms with E-state index in [1.165, 1.54) is 16.7 Å². The van der Waals surface area contributed by atoms with Gasteiger partial charge < -0.3 is 19.3 Å². The van der Waals surface area contributed by atoms with Crippen LogP contribution in [0.25, 0.3) is 12.2 Å². The van der Waals surface area contributed by atoms with Crippen LogP contribution in [0.15, 0.2) is 23.0 Å². The number of carbonyl (C=O) groups is 2. The van der Waals surface area contributed by atoms with Crippen LogP contribution < -0.4 is 19.7 Å². The number of nitro benzene ring substituents is 1. The topological polar surface area (TPSA) is 124 Å². The second kappa shape index (κ2) is 12.2. The quantitative estimate of drug-likeness (QED) is 0.293. The van der Waals surface area contributed by atoms with Crippen molar-refractivity contribution >= 4 is 46.7 Å². The van der Waals surface area contributed by atoms with Gasteiger partial charge in [-0.05, 0) is 43.9 Å². The SMILES string of the molecule is CCOC(=O)C=c1sc(=Cc2ccc(N3CCCCC3)c([N+](=O)[O-])c2)c(=O)n1CC(=O)N1CCOCC1. The largest absolute Gasteiger partial charge is 0.463 e. The predicted molar refractivity (Wildman–Crippen MR) is 139 cm³/mol. The van der Waals surface area contributed by atoms with E-state index in [4.69, 9.17) is 9.47 Å². The zero-order valence-corrected chi connectivity index (χ0v) is 21.5. The first-order valence-electron chi connectivity index (χ1n) is 12.4. The van der Waals surface area contributed by atoms with Crippen molar-refractivity contribution in [3.8, 4) is 0 Å². The molecule has 2 saturated heterocycles. The normalized spacial score (nSPS) is 17.2. The molecule has 3 heterocycles. The summed E-state index contributed by atoms with van der Waals surface area (Å²) in [4.78, 5) is 53.4. The number of nitro groups is 1. The van der Waals surface area contributed by atoms with Gasteiger partial charge in [-0.25, -0.2) is 4.79 Å². The van der Waals surface area contributed by atoms with Crippen molar-refractivity contribution in [1.29, 1.82) is 0 Å². The van der Waals surface area contributed by atoms with Crippen molar-refractivity contribution in [2.75, 3.05) is 50.9 Å². The summed E-state index contributed by atoms with van der Waals surface area (Å²) in [5, 5.41) is 11.8. The number of hydrogen-bond donors (Lipinski definition) is 0. The number of carbonyl (C=O) groups excluding carboxylic acids is 2. The molecule has 0 spiro atoms. The summed E-state index contributed by atoms with van der Waals surface area (Å²) in [7, 11) is 0. The molecule has 0 aliphatic carbocycles. The van der Waals surface area contributed by atoms with Gasteiger partial charge in [-0.2, -0.15) is 0 Å². The summed E-state index contributed by atoms with van der Waals surface area (Å²) < 4.78 is 12.1. The Balaban J connectivity index is 1.73. The number of hydrogen-bond acceptors (Lipinski definition) is 9. The highest BCUT2D eigenvalue weighted by Crippen LogP contribution is 2.31. The molecule has 0 unspecified atom stereocenters. The molecule has 0 N–H and O–H groups in total. The van der Waals surface area contributed by atoms with Crippen molar-refractivity contribution in [1.82, 2.24) is 9.47 Å². The van der Waals surface area contributed by atoms with Crippen LogP contribution in [0.4, 0.5) is 11.4 Å². The maximum absolute atomic E-state index is 13.3. The highest BCUT2D eigenvalue weighted by Gasteiger charge is 2.22. The number of nitrogens with zero attached hydrogens (tertiary/aromatic N) is 4. The van der Waals surface area contributed by atoms with E-state index in [-0.39, 0.29) is 33.9 Å². The van der Waals surface area contributed by atoms with Crippen LogP contribution in [-0.4, -0.2) is 72.3 Å². The third-order valence-corrected chi connectivity index (χ3v) is 7.37. The van der Waals surface area contributed by atoms with Crippen molar-refractivity contribution in [3.05, 3.63) is 53.4 Å². The number of aromatic nitrogens is 1. The van der Waals surface area contributed by atoms with Crippen molar-refractivity contribution < 1.29 is 24.0 Å². The lowest BCUT2D eigenvalue weighted by Gasteiger charge is -2.28. The molecule has 11 nitrogen and oxygen atoms in total. The van der Waals surface area contributed by atoms with E-state index in [0.717, 1.165) is 43.7 Å². The Morgan fingerprint density at radius 2 is 1.89 bits per heavy atom. The van der Waals surface area contributed by atoms with E-state index in [1.807, 2.05) is 4.90 Å². The lowest BCUT2D eigenvalue weighted by Crippen LogP contribution is -2.45. The van der Waals surface area contributed by atoms with Gasteiger partial charge in [0.25, 0.3) is 11.2 Å². The first-order chi connectivity index (χ1) is 17.9. The van der Waals surface area contributed by atoms with Gasteiger partial charge in [0.15, 0.2) is 0 Å². The van der Waals surface area contributed by atoms with Crippen molar-refractivity contribution in [3.63, 3.8) is 0 Å². The molecule has 2 aliphatic heterocycles. The Bertz CT molecular complexity index is 1340. The number of morpholine rings is 1. The fourth-order valence-corrected chi connectivity index (χ4v) is 5.49. The van der Waals surface area contributed by atoms with Crippen LogP contribution in [-0.2, 0) is 25.6 Å². The molecule has 1 amide bonds. The van der Waals surface area contributed by atoms with E-state index in [0.29, 0.717) is 37.6 Å². The number of ether oxygens (including phenoxy) is 2. The van der Waals surface area contributed by atoms with Gasteiger partial charge in [-0.3, -0.25) is 24.3 Å². The molecule has 12 heteroatoms. The summed E-state index contributed by atoms with van der Waals surface area (Å²) in [5.74, 6) is -0.876. The Morgan fingerprint density at radius 3 is 2.57 bits per heavy atom. The van der Waals surface area contributed by atoms with Crippen molar-refractivity contribution in [2.24, 2.45) is 0 Å². The van der Waals surface area contributed by atoms with Gasteiger partial charge in [0.2, 0.25) is 5.91 Å². The van der Waals surface area contributed by atoms with Crippen LogP contribution in [0.2, 0.25) is 0 Å². The van der Waals surface area contributed by atoms with E-state index in [9.17, 15) is 24.5 Å². The van der Waals surface area contributed by atoms with E-state index in [1.54, 1.807) is 30.0 Å². The molecule has 1 aromatic heterocycles. The molecule has 198 valence electrons. The minimum atomic E-state index is -0.621. The average molecular weight is 531 g/mol. The summed E-state index contributed by atoms with van der Waals surface area (Å²) in [5.41, 5.74) is 0.580. The Labute approximate surface area is 217 Å². The molecule has 37 heavy (non-hydrogen) atoms. The van der Waals surface area contributed by atoms with Gasteiger partial charge in [0.05, 0.1) is 35.4 Å². The van der Waals surface area contributed by atoms with Gasteiger partial charge in [0.1, 0.15) is 16.9 Å². The van der Waals surface area contributed by atoms with Crippen LogP contribution in [0, 0.1) is 10.1 Å². The second-order valence-electron chi connectivity index (χ2n) is 8.78. The average Bonchev–Trinajstić information content (AvgIpc) is 3.18. The Hall–Kier alpha value is -3.51. The molecule has 0 atom stereocenters. The Morgan fingerprint density at radius 1 is 1.16 bits per heavy atom. The number of anilines is 1. The molecule has 2 aromatic rings. The van der Waals surface area contributed by atoms with Crippen LogP contribution in [0.3, 0.4) is 0 Å². The van der Waals surface area contributed by atoms with Gasteiger partial charge in [0, 0.05) is 32.2 Å². The molecule has 2 aliphatic rings. The number of amides is 1. The number of thiazole rings is 1. The zero-order chi connectivity index (χ0) is 26.4. The van der Waals surface area contributed by atoms with Crippen LogP contribution in [0.5, 0.6) is 0 Å². The number of rotatable bonds is 7. The summed E-state index contributed by atoms with van der Waals surface area (Å²) in [6.07, 6.45) is 5.84. The molecule has 0 radical (unpaired) electrons. The van der Waals surface area contributed by atoms with Gasteiger partial charge in [-0.15, -0.1) is 11.3 Å². The fraction of sp³-hybridized carbons (Fsp3) is 0.480. The van der Waals surface area contributed by atoms with Gasteiger partial charge >= 0.3 is 5.97 Å². The van der Waals surface area contributed by atoms with Gasteiger partial charge in [-0.1, -0.05) is 6.07 Å². The lowest BCUT2D eigenvalue weighted by molar-refractivity contribution is -0.384. The summed E-state index contributed by atoms with van der Waals surface area (Å²) in [6.45, 7) is 4.87. The zero-order valence-electron chi connectivity index (χ0n) is 20.7. The number of piperidine rings is 1. The smallest absolute Gasteiger partial charge is 0.333 e. The third kappa shape index (κ3) is 6.44. The summed E-state index contributed by atoms with van der Waals surface area (Å²) in [6, 6.07) is 4.92. The number of benzene rings is 1. The van der Waals surface area contributed by atoms with Crippen molar-refractivity contribution in [2.45, 2.75) is 32.7 Å². The molecule has 1 aromatic carbocycles. The van der Waals surface area contributed by atoms with E-state index in [2.05, 4.69) is 0 Å². The van der Waals surface area contributed by atoms with Crippen LogP contribution >= 0.6 is 11.3 Å². The number of esters is 1. The van der Waals surface area contributed by atoms with E-state index >= 15 is 0 Å². The van der Waals surface area contributed by atoms with E-state index < -0.39 is 16.5 Å². The van der Waals surface area contributed by atoms with Crippen LogP contribution in [0.1, 0.15) is 31.7 Å². The highest BCUT2D eigenvalue weighted by molar-refractivity contribution is 7.07. The first kappa shape index (κ1) is 26.6. The fourth-order valence-electron chi connectivity index (χ4n) is 4.46. The highest BCUT2D eigenvalue weighted by atomic mass is 32.1. The Kier molecular flexibility index (Phi) is 8.72. The molecule has 0 saturated carbocycles. The lowest BCUT2D eigenvalue weighted by atomic mass is 10.1. The molecule has 2 fully saturated rings. The molecular formula is C25H30N4O7S. The molecule has 4 rings (SSSR count). The summed E-state index contributed by atoms with van der Waals surface area (Å²) >= 11 is 1.03. The first-order valence-corrected chi connectivity index (χ1v) is 13.2. The minimum absolute atomic E-state index is 0.0201.